The van der Waals surface area contributed by atoms with Crippen LogP contribution in [0.15, 0.2) is 24.3 Å². The highest BCUT2D eigenvalue weighted by molar-refractivity contribution is 7.15. The Labute approximate surface area is 198 Å². The molecule has 0 saturated carbocycles. The highest BCUT2D eigenvalue weighted by Crippen LogP contribution is 2.32. The molecular weight excluding hydrogens is 440 g/mol. The molecule has 1 saturated heterocycles. The molecule has 2 heterocycles. The third-order valence-corrected chi connectivity index (χ3v) is 6.76. The maximum Gasteiger partial charge on any atom is 0.407 e. The van der Waals surface area contributed by atoms with Crippen LogP contribution in [-0.4, -0.2) is 59.8 Å². The predicted octanol–water partition coefficient (Wildman–Crippen LogP) is 3.61. The highest BCUT2D eigenvalue weighted by Gasteiger charge is 2.28. The Bertz CT molecular complexity index is 995. The van der Waals surface area contributed by atoms with E-state index in [0.29, 0.717) is 16.7 Å². The number of amides is 2. The molecule has 1 aromatic heterocycles. The second-order valence-corrected chi connectivity index (χ2v) is 10.5. The molecule has 2 aromatic rings. The first-order valence-electron chi connectivity index (χ1n) is 11.4. The number of aromatic nitrogens is 1. The van der Waals surface area contributed by atoms with Crippen LogP contribution in [-0.2, 0) is 28.9 Å². The van der Waals surface area contributed by atoms with Crippen LogP contribution in [0, 0.1) is 0 Å². The lowest BCUT2D eigenvalue weighted by molar-refractivity contribution is 0.0139. The first kappa shape index (κ1) is 23.7. The largest absolute Gasteiger partial charge is 0.444 e. The van der Waals surface area contributed by atoms with E-state index in [1.807, 2.05) is 26.8 Å². The summed E-state index contributed by atoms with van der Waals surface area (Å²) in [5.74, 6) is -0.204. The Kier molecular flexibility index (Phi) is 7.31. The number of benzene rings is 1. The average molecular weight is 473 g/mol. The zero-order valence-corrected chi connectivity index (χ0v) is 20.3. The summed E-state index contributed by atoms with van der Waals surface area (Å²) in [5, 5.41) is 6.32. The number of anilines is 1. The van der Waals surface area contributed by atoms with Crippen molar-refractivity contribution in [1.29, 1.82) is 0 Å². The number of carbonyl (C=O) groups excluding carboxylic acids is 2. The van der Waals surface area contributed by atoms with Crippen LogP contribution in [0.4, 0.5) is 9.93 Å². The fraction of sp³-hybridized carbons (Fsp3) is 0.542. The van der Waals surface area contributed by atoms with Gasteiger partial charge in [0.2, 0.25) is 0 Å². The molecule has 1 aliphatic heterocycles. The first-order chi connectivity index (χ1) is 15.8. The first-order valence-corrected chi connectivity index (χ1v) is 12.3. The van der Waals surface area contributed by atoms with E-state index in [1.165, 1.54) is 4.88 Å². The number of morpholine rings is 1. The minimum atomic E-state index is -0.555. The number of rotatable bonds is 5. The Balaban J connectivity index is 1.34. The number of nitrogens with zero attached hydrogens (tertiary/aromatic N) is 2. The van der Waals surface area contributed by atoms with Gasteiger partial charge in [-0.3, -0.25) is 15.0 Å². The maximum atomic E-state index is 12.8. The smallest absolute Gasteiger partial charge is 0.407 e. The molecule has 2 N–H and O–H groups in total. The van der Waals surface area contributed by atoms with E-state index in [9.17, 15) is 9.59 Å². The van der Waals surface area contributed by atoms with Gasteiger partial charge >= 0.3 is 6.09 Å². The lowest BCUT2D eigenvalue weighted by atomic mass is 9.96. The highest BCUT2D eigenvalue weighted by atomic mass is 32.1. The topological polar surface area (TPSA) is 92.8 Å². The Hall–Kier alpha value is -2.49. The van der Waals surface area contributed by atoms with Crippen LogP contribution >= 0.6 is 11.3 Å². The standard InChI is InChI=1S/C24H32N4O4S/c1-24(2,3)32-23(30)25-15-16-5-4-6-17(13-16)21(29)27-22-26-19-8-7-18(14-20(19)33-22)28-9-11-31-12-10-28/h4-6,13,18H,7-12,14-15H2,1-3H3,(H,25,30)(H,26,27,29)/t18-/m0/s1. The van der Waals surface area contributed by atoms with Gasteiger partial charge in [-0.2, -0.15) is 0 Å². The zero-order valence-electron chi connectivity index (χ0n) is 19.5. The molecule has 1 aliphatic carbocycles. The molecule has 0 spiro atoms. The van der Waals surface area contributed by atoms with Crippen molar-refractivity contribution in [1.82, 2.24) is 15.2 Å². The van der Waals surface area contributed by atoms with E-state index in [0.717, 1.165) is 56.8 Å². The van der Waals surface area contributed by atoms with Gasteiger partial charge in [0.25, 0.3) is 5.91 Å². The Morgan fingerprint density at radius 1 is 1.27 bits per heavy atom. The van der Waals surface area contributed by atoms with Gasteiger partial charge < -0.3 is 14.8 Å². The number of carbonyl (C=O) groups is 2. The van der Waals surface area contributed by atoms with Crippen LogP contribution in [0.25, 0.3) is 0 Å². The summed E-state index contributed by atoms with van der Waals surface area (Å²) < 4.78 is 10.7. The molecule has 33 heavy (non-hydrogen) atoms. The predicted molar refractivity (Wildman–Crippen MR) is 128 cm³/mol. The molecule has 178 valence electrons. The number of fused-ring (bicyclic) bond motifs is 1. The monoisotopic (exact) mass is 472 g/mol. The number of thiazole rings is 1. The van der Waals surface area contributed by atoms with Gasteiger partial charge in [0.15, 0.2) is 5.13 Å². The van der Waals surface area contributed by atoms with Crippen LogP contribution < -0.4 is 10.6 Å². The van der Waals surface area contributed by atoms with E-state index in [4.69, 9.17) is 9.47 Å². The summed E-state index contributed by atoms with van der Waals surface area (Å²) in [6, 6.07) is 7.73. The molecule has 9 heteroatoms. The van der Waals surface area contributed by atoms with E-state index in [-0.39, 0.29) is 12.5 Å². The van der Waals surface area contributed by atoms with Gasteiger partial charge in [-0.05, 0) is 57.7 Å². The molecular formula is C24H32N4O4S. The molecule has 1 aromatic carbocycles. The summed E-state index contributed by atoms with van der Waals surface area (Å²) in [7, 11) is 0. The molecule has 4 rings (SSSR count). The Morgan fingerprint density at radius 2 is 2.06 bits per heavy atom. The van der Waals surface area contributed by atoms with Crippen LogP contribution in [0.1, 0.15) is 53.7 Å². The van der Waals surface area contributed by atoms with E-state index in [1.54, 1.807) is 29.5 Å². The summed E-state index contributed by atoms with van der Waals surface area (Å²) in [4.78, 5) is 33.2. The van der Waals surface area contributed by atoms with Crippen molar-refractivity contribution in [2.45, 2.75) is 58.2 Å². The minimum absolute atomic E-state index is 0.204. The van der Waals surface area contributed by atoms with Crippen LogP contribution in [0.5, 0.6) is 0 Å². The van der Waals surface area contributed by atoms with Crippen molar-refractivity contribution in [3.63, 3.8) is 0 Å². The molecule has 1 fully saturated rings. The van der Waals surface area contributed by atoms with Gasteiger partial charge in [0, 0.05) is 36.1 Å². The van der Waals surface area contributed by atoms with Crippen molar-refractivity contribution in [3.8, 4) is 0 Å². The third-order valence-electron chi connectivity index (χ3n) is 5.72. The number of ether oxygens (including phenoxy) is 2. The molecule has 0 unspecified atom stereocenters. The van der Waals surface area contributed by atoms with E-state index in [2.05, 4.69) is 20.5 Å². The second-order valence-electron chi connectivity index (χ2n) is 9.44. The number of nitrogens with one attached hydrogen (secondary N) is 2. The fourth-order valence-electron chi connectivity index (χ4n) is 4.15. The zero-order chi connectivity index (χ0) is 23.4. The summed E-state index contributed by atoms with van der Waals surface area (Å²) in [6.45, 7) is 9.32. The number of alkyl carbamates (subject to hydrolysis) is 1. The second kappa shape index (κ2) is 10.2. The third kappa shape index (κ3) is 6.52. The lowest BCUT2D eigenvalue weighted by Crippen LogP contribution is -2.45. The normalized spacial score (nSPS) is 18.9. The average Bonchev–Trinajstić information content (AvgIpc) is 3.19. The molecule has 8 nitrogen and oxygen atoms in total. The van der Waals surface area contributed by atoms with Gasteiger partial charge in [-0.15, -0.1) is 11.3 Å². The van der Waals surface area contributed by atoms with Crippen LogP contribution in [0.2, 0.25) is 0 Å². The van der Waals surface area contributed by atoms with Crippen molar-refractivity contribution in [3.05, 3.63) is 46.0 Å². The van der Waals surface area contributed by atoms with Gasteiger partial charge in [-0.25, -0.2) is 9.78 Å². The van der Waals surface area contributed by atoms with Crippen LogP contribution in [0.3, 0.4) is 0 Å². The maximum absolute atomic E-state index is 12.8. The fourth-order valence-corrected chi connectivity index (χ4v) is 5.22. The van der Waals surface area contributed by atoms with Crippen molar-refractivity contribution >= 4 is 28.5 Å². The molecule has 0 bridgehead atoms. The van der Waals surface area contributed by atoms with Gasteiger partial charge in [0.1, 0.15) is 5.60 Å². The minimum Gasteiger partial charge on any atom is -0.444 e. The van der Waals surface area contributed by atoms with E-state index < -0.39 is 11.7 Å². The van der Waals surface area contributed by atoms with Gasteiger partial charge in [0.05, 0.1) is 18.9 Å². The number of hydrogen-bond donors (Lipinski definition) is 2. The quantitative estimate of drug-likeness (QED) is 0.691. The SMILES string of the molecule is CC(C)(C)OC(=O)NCc1cccc(C(=O)Nc2nc3c(s2)C[C@@H](N2CCOCC2)CC3)c1. The number of aryl methyl sites for hydroxylation is 1. The molecule has 2 amide bonds. The Morgan fingerprint density at radius 3 is 2.82 bits per heavy atom. The number of hydrogen-bond acceptors (Lipinski definition) is 7. The summed E-state index contributed by atoms with van der Waals surface area (Å²) >= 11 is 1.58. The van der Waals surface area contributed by atoms with Gasteiger partial charge in [-0.1, -0.05) is 12.1 Å². The lowest BCUT2D eigenvalue weighted by Gasteiger charge is -2.36. The summed E-state index contributed by atoms with van der Waals surface area (Å²) in [6.07, 6.45) is 2.53. The molecule has 2 aliphatic rings. The molecule has 1 atom stereocenters. The summed E-state index contributed by atoms with van der Waals surface area (Å²) in [5.41, 5.74) is 1.90. The van der Waals surface area contributed by atoms with Crippen molar-refractivity contribution in [2.24, 2.45) is 0 Å². The van der Waals surface area contributed by atoms with Crippen molar-refractivity contribution < 1.29 is 19.1 Å². The molecule has 0 radical (unpaired) electrons. The van der Waals surface area contributed by atoms with Crippen molar-refractivity contribution in [2.75, 3.05) is 31.6 Å². The van der Waals surface area contributed by atoms with E-state index >= 15 is 0 Å².